The normalized spacial score (nSPS) is 16.9. The predicted octanol–water partition coefficient (Wildman–Crippen LogP) is 5.50. The summed E-state index contributed by atoms with van der Waals surface area (Å²) in [5, 5.41) is 12.8. The Labute approximate surface area is 218 Å². The van der Waals surface area contributed by atoms with Crippen molar-refractivity contribution in [2.24, 2.45) is 0 Å². The SMILES string of the molecule is COc1ccc([C@@H]2C(=C(O)c3ccc(Cl)cc3)C(=O)C(=O)N2CCc2c[nH]c3ccccc23)cc1OC. The van der Waals surface area contributed by atoms with Crippen molar-refractivity contribution in [3.05, 3.63) is 100 Å². The molecule has 0 saturated carbocycles. The first-order chi connectivity index (χ1) is 17.9. The Bertz CT molecular complexity index is 1520. The maximum Gasteiger partial charge on any atom is 0.295 e. The van der Waals surface area contributed by atoms with Crippen molar-refractivity contribution in [3.63, 3.8) is 0 Å². The molecule has 7 nitrogen and oxygen atoms in total. The average Bonchev–Trinajstić information content (AvgIpc) is 3.45. The van der Waals surface area contributed by atoms with Crippen LogP contribution in [0.5, 0.6) is 11.5 Å². The topological polar surface area (TPSA) is 91.9 Å². The number of para-hydroxylation sites is 1. The van der Waals surface area contributed by atoms with Gasteiger partial charge < -0.3 is 24.5 Å². The molecular formula is C29H25ClN2O5. The minimum atomic E-state index is -0.819. The number of methoxy groups -OCH3 is 2. The molecule has 0 aliphatic carbocycles. The number of carbonyl (C=O) groups excluding carboxylic acids is 2. The number of hydrogen-bond acceptors (Lipinski definition) is 5. The zero-order valence-electron chi connectivity index (χ0n) is 20.3. The monoisotopic (exact) mass is 516 g/mol. The van der Waals surface area contributed by atoms with Crippen LogP contribution in [0.3, 0.4) is 0 Å². The Hall–Kier alpha value is -4.23. The molecule has 1 aliphatic heterocycles. The quantitative estimate of drug-likeness (QED) is 0.192. The van der Waals surface area contributed by atoms with Crippen molar-refractivity contribution >= 4 is 40.0 Å². The van der Waals surface area contributed by atoms with Crippen LogP contribution in [0, 0.1) is 0 Å². The molecule has 8 heteroatoms. The zero-order chi connectivity index (χ0) is 26.1. The Kier molecular flexibility index (Phi) is 6.63. The van der Waals surface area contributed by atoms with Crippen LogP contribution in [0.4, 0.5) is 0 Å². The molecule has 1 saturated heterocycles. The molecule has 4 aromatic rings. The van der Waals surface area contributed by atoms with E-state index in [2.05, 4.69) is 4.98 Å². The Morgan fingerprint density at radius 2 is 1.73 bits per heavy atom. The second-order valence-corrected chi connectivity index (χ2v) is 9.16. The number of nitrogens with zero attached hydrogens (tertiary/aromatic N) is 1. The fraction of sp³-hybridized carbons (Fsp3) is 0.172. The number of rotatable bonds is 7. The number of nitrogens with one attached hydrogen (secondary N) is 1. The molecule has 1 fully saturated rings. The van der Waals surface area contributed by atoms with Gasteiger partial charge in [-0.2, -0.15) is 0 Å². The van der Waals surface area contributed by atoms with Crippen molar-refractivity contribution in [2.75, 3.05) is 20.8 Å². The van der Waals surface area contributed by atoms with Crippen LogP contribution in [0.2, 0.25) is 5.02 Å². The number of carbonyl (C=O) groups is 2. The number of likely N-dealkylation sites (tertiary alicyclic amines) is 1. The number of aromatic nitrogens is 1. The van der Waals surface area contributed by atoms with Crippen LogP contribution < -0.4 is 9.47 Å². The molecule has 2 heterocycles. The van der Waals surface area contributed by atoms with E-state index < -0.39 is 17.7 Å². The molecule has 3 aromatic carbocycles. The molecule has 1 aliphatic rings. The van der Waals surface area contributed by atoms with E-state index in [1.807, 2.05) is 30.5 Å². The van der Waals surface area contributed by atoms with Crippen molar-refractivity contribution in [1.82, 2.24) is 9.88 Å². The van der Waals surface area contributed by atoms with Crippen LogP contribution in [-0.2, 0) is 16.0 Å². The molecule has 1 amide bonds. The summed E-state index contributed by atoms with van der Waals surface area (Å²) < 4.78 is 10.8. The number of aliphatic hydroxyl groups excluding tert-OH is 1. The second kappa shape index (κ2) is 10.0. The maximum atomic E-state index is 13.3. The average molecular weight is 517 g/mol. The lowest BCUT2D eigenvalue weighted by Crippen LogP contribution is -2.31. The Morgan fingerprint density at radius 1 is 1.00 bits per heavy atom. The highest BCUT2D eigenvalue weighted by molar-refractivity contribution is 6.46. The molecular weight excluding hydrogens is 492 g/mol. The highest BCUT2D eigenvalue weighted by Gasteiger charge is 2.46. The van der Waals surface area contributed by atoms with Gasteiger partial charge >= 0.3 is 0 Å². The number of aromatic amines is 1. The smallest absolute Gasteiger partial charge is 0.295 e. The third-order valence-electron chi connectivity index (χ3n) is 6.68. The number of amides is 1. The summed E-state index contributed by atoms with van der Waals surface area (Å²) >= 11 is 6.01. The van der Waals surface area contributed by atoms with Crippen molar-refractivity contribution in [1.29, 1.82) is 0 Å². The number of ether oxygens (including phenoxy) is 2. The van der Waals surface area contributed by atoms with Crippen LogP contribution >= 0.6 is 11.6 Å². The summed E-state index contributed by atoms with van der Waals surface area (Å²) in [6, 6.07) is 18.8. The largest absolute Gasteiger partial charge is 0.507 e. The van der Waals surface area contributed by atoms with E-state index in [0.717, 1.165) is 16.5 Å². The number of fused-ring (bicyclic) bond motifs is 1. The van der Waals surface area contributed by atoms with E-state index in [-0.39, 0.29) is 17.9 Å². The molecule has 0 unspecified atom stereocenters. The minimum Gasteiger partial charge on any atom is -0.507 e. The molecule has 1 aromatic heterocycles. The van der Waals surface area contributed by atoms with Crippen molar-refractivity contribution in [3.8, 4) is 11.5 Å². The first-order valence-electron chi connectivity index (χ1n) is 11.7. The number of hydrogen-bond donors (Lipinski definition) is 2. The van der Waals surface area contributed by atoms with E-state index in [4.69, 9.17) is 21.1 Å². The Balaban J connectivity index is 1.60. The van der Waals surface area contributed by atoms with Crippen LogP contribution in [0.1, 0.15) is 22.7 Å². The van der Waals surface area contributed by atoms with E-state index >= 15 is 0 Å². The zero-order valence-corrected chi connectivity index (χ0v) is 21.1. The lowest BCUT2D eigenvalue weighted by Gasteiger charge is -2.26. The van der Waals surface area contributed by atoms with Gasteiger partial charge in [0.2, 0.25) is 0 Å². The molecule has 0 spiro atoms. The summed E-state index contributed by atoms with van der Waals surface area (Å²) in [7, 11) is 3.05. The van der Waals surface area contributed by atoms with Gasteiger partial charge in [0, 0.05) is 34.2 Å². The van der Waals surface area contributed by atoms with Gasteiger partial charge in [-0.25, -0.2) is 0 Å². The molecule has 0 bridgehead atoms. The van der Waals surface area contributed by atoms with Gasteiger partial charge in [-0.1, -0.05) is 35.9 Å². The van der Waals surface area contributed by atoms with Gasteiger partial charge in [-0.3, -0.25) is 9.59 Å². The van der Waals surface area contributed by atoms with Gasteiger partial charge in [-0.15, -0.1) is 0 Å². The first kappa shape index (κ1) is 24.5. The van der Waals surface area contributed by atoms with Crippen molar-refractivity contribution < 1.29 is 24.2 Å². The fourth-order valence-corrected chi connectivity index (χ4v) is 4.95. The highest BCUT2D eigenvalue weighted by atomic mass is 35.5. The lowest BCUT2D eigenvalue weighted by molar-refractivity contribution is -0.139. The van der Waals surface area contributed by atoms with Crippen LogP contribution in [0.25, 0.3) is 16.7 Å². The molecule has 2 N–H and O–H groups in total. The second-order valence-electron chi connectivity index (χ2n) is 8.72. The number of ketones is 1. The highest BCUT2D eigenvalue weighted by Crippen LogP contribution is 2.42. The summed E-state index contributed by atoms with van der Waals surface area (Å²) in [5.74, 6) is -0.709. The van der Waals surface area contributed by atoms with E-state index in [0.29, 0.717) is 34.1 Å². The van der Waals surface area contributed by atoms with Gasteiger partial charge in [0.05, 0.1) is 25.8 Å². The molecule has 0 radical (unpaired) electrons. The van der Waals surface area contributed by atoms with Gasteiger partial charge in [-0.05, 0) is 60.0 Å². The van der Waals surface area contributed by atoms with Crippen molar-refractivity contribution in [2.45, 2.75) is 12.5 Å². The summed E-state index contributed by atoms with van der Waals surface area (Å²) in [6.07, 6.45) is 2.43. The number of Topliss-reactive ketones (excluding diaryl/α,β-unsaturated/α-hetero) is 1. The van der Waals surface area contributed by atoms with Gasteiger partial charge in [0.15, 0.2) is 11.5 Å². The summed E-state index contributed by atoms with van der Waals surface area (Å²) in [6.45, 7) is 0.267. The van der Waals surface area contributed by atoms with Gasteiger partial charge in [0.1, 0.15) is 5.76 Å². The summed E-state index contributed by atoms with van der Waals surface area (Å²) in [5.41, 5.74) is 3.05. The standard InChI is InChI=1S/C29H25ClN2O5/c1-36-23-12-9-18(15-24(23)37-2)26-25(27(33)17-7-10-20(30)11-8-17)28(34)29(35)32(26)14-13-19-16-31-22-6-4-3-5-21(19)22/h3-12,15-16,26,31,33H,13-14H2,1-2H3/t26-/m1/s1. The number of benzene rings is 3. The van der Waals surface area contributed by atoms with Crippen LogP contribution in [0.15, 0.2) is 78.5 Å². The third kappa shape index (κ3) is 4.42. The predicted molar refractivity (Wildman–Crippen MR) is 142 cm³/mol. The number of aliphatic hydroxyl groups is 1. The number of halogens is 1. The minimum absolute atomic E-state index is 0.0125. The molecule has 5 rings (SSSR count). The van der Waals surface area contributed by atoms with E-state index in [1.165, 1.54) is 19.1 Å². The molecule has 1 atom stereocenters. The van der Waals surface area contributed by atoms with E-state index in [9.17, 15) is 14.7 Å². The lowest BCUT2D eigenvalue weighted by atomic mass is 9.95. The number of H-pyrrole nitrogens is 1. The van der Waals surface area contributed by atoms with Crippen LogP contribution in [-0.4, -0.2) is 47.4 Å². The summed E-state index contributed by atoms with van der Waals surface area (Å²) in [4.78, 5) is 31.4. The third-order valence-corrected chi connectivity index (χ3v) is 6.93. The molecule has 188 valence electrons. The fourth-order valence-electron chi connectivity index (χ4n) is 4.82. The van der Waals surface area contributed by atoms with Gasteiger partial charge in [0.25, 0.3) is 11.7 Å². The first-order valence-corrected chi connectivity index (χ1v) is 12.1. The molecule has 37 heavy (non-hydrogen) atoms. The van der Waals surface area contributed by atoms with E-state index in [1.54, 1.807) is 42.5 Å². The Morgan fingerprint density at radius 3 is 2.46 bits per heavy atom. The maximum absolute atomic E-state index is 13.3.